The van der Waals surface area contributed by atoms with Crippen molar-refractivity contribution in [1.29, 1.82) is 0 Å². The van der Waals surface area contributed by atoms with Crippen LogP contribution in [-0.2, 0) is 6.67 Å². The molecule has 0 aliphatic carbocycles. The fraction of sp³-hybridized carbons (Fsp3) is 0.417. The summed E-state index contributed by atoms with van der Waals surface area (Å²) in [5.74, 6) is 0.0860. The summed E-state index contributed by atoms with van der Waals surface area (Å²) >= 11 is 0. The SMILES string of the molecule is CC(C)(C)C(=O)c1ccc(CF)cc1. The van der Waals surface area contributed by atoms with Crippen molar-refractivity contribution < 1.29 is 9.18 Å². The van der Waals surface area contributed by atoms with Gasteiger partial charge in [0.25, 0.3) is 0 Å². The van der Waals surface area contributed by atoms with Crippen LogP contribution in [0.2, 0.25) is 0 Å². The van der Waals surface area contributed by atoms with E-state index in [1.165, 1.54) is 0 Å². The first kappa shape index (κ1) is 10.9. The third-order valence-corrected chi connectivity index (χ3v) is 2.05. The molecule has 0 unspecified atom stereocenters. The van der Waals surface area contributed by atoms with Crippen LogP contribution >= 0.6 is 0 Å². The average Bonchev–Trinajstić information content (AvgIpc) is 2.15. The van der Waals surface area contributed by atoms with Crippen molar-refractivity contribution in [1.82, 2.24) is 0 Å². The van der Waals surface area contributed by atoms with E-state index in [0.717, 1.165) is 0 Å². The fourth-order valence-electron chi connectivity index (χ4n) is 1.18. The van der Waals surface area contributed by atoms with Crippen molar-refractivity contribution in [2.75, 3.05) is 0 Å². The molecule has 0 saturated carbocycles. The molecule has 0 heterocycles. The topological polar surface area (TPSA) is 17.1 Å². The number of alkyl halides is 1. The molecular formula is C12H15FO. The van der Waals surface area contributed by atoms with Crippen LogP contribution in [0.3, 0.4) is 0 Å². The third-order valence-electron chi connectivity index (χ3n) is 2.05. The minimum absolute atomic E-state index is 0.0860. The molecule has 1 aromatic carbocycles. The van der Waals surface area contributed by atoms with Crippen molar-refractivity contribution in [2.45, 2.75) is 27.4 Å². The number of Topliss-reactive ketones (excluding diaryl/α,β-unsaturated/α-hetero) is 1. The Kier molecular flexibility index (Phi) is 3.04. The molecule has 1 nitrogen and oxygen atoms in total. The molecule has 14 heavy (non-hydrogen) atoms. The third kappa shape index (κ3) is 2.41. The van der Waals surface area contributed by atoms with Crippen molar-refractivity contribution >= 4 is 5.78 Å². The highest BCUT2D eigenvalue weighted by Gasteiger charge is 2.22. The standard InChI is InChI=1S/C12H15FO/c1-12(2,3)11(14)10-6-4-9(8-13)5-7-10/h4-7H,8H2,1-3H3. The number of hydrogen-bond donors (Lipinski definition) is 0. The summed E-state index contributed by atoms with van der Waals surface area (Å²) in [6, 6.07) is 6.67. The van der Waals surface area contributed by atoms with Crippen LogP contribution in [0.15, 0.2) is 24.3 Å². The van der Waals surface area contributed by atoms with Crippen LogP contribution < -0.4 is 0 Å². The second-order valence-electron chi connectivity index (χ2n) is 4.41. The highest BCUT2D eigenvalue weighted by Crippen LogP contribution is 2.20. The summed E-state index contributed by atoms with van der Waals surface area (Å²) in [5, 5.41) is 0. The van der Waals surface area contributed by atoms with Gasteiger partial charge in [-0.25, -0.2) is 4.39 Å². The Morgan fingerprint density at radius 3 is 2.07 bits per heavy atom. The van der Waals surface area contributed by atoms with Gasteiger partial charge in [-0.1, -0.05) is 45.0 Å². The molecule has 0 saturated heterocycles. The van der Waals surface area contributed by atoms with Crippen LogP contribution in [0.4, 0.5) is 4.39 Å². The van der Waals surface area contributed by atoms with Gasteiger partial charge in [0.05, 0.1) is 0 Å². The fourth-order valence-corrected chi connectivity index (χ4v) is 1.18. The first-order valence-corrected chi connectivity index (χ1v) is 4.65. The summed E-state index contributed by atoms with van der Waals surface area (Å²) in [6.45, 7) is 5.14. The average molecular weight is 194 g/mol. The van der Waals surface area contributed by atoms with Crippen LogP contribution in [0.25, 0.3) is 0 Å². The maximum absolute atomic E-state index is 12.2. The summed E-state index contributed by atoms with van der Waals surface area (Å²) in [7, 11) is 0. The Balaban J connectivity index is 2.93. The molecule has 0 aliphatic heterocycles. The van der Waals surface area contributed by atoms with E-state index < -0.39 is 6.67 Å². The van der Waals surface area contributed by atoms with E-state index in [1.807, 2.05) is 20.8 Å². The lowest BCUT2D eigenvalue weighted by atomic mass is 9.86. The van der Waals surface area contributed by atoms with Crippen molar-refractivity contribution in [2.24, 2.45) is 5.41 Å². The van der Waals surface area contributed by atoms with Gasteiger partial charge in [-0.2, -0.15) is 0 Å². The van der Waals surface area contributed by atoms with Gasteiger partial charge in [0.2, 0.25) is 0 Å². The first-order chi connectivity index (χ1) is 6.45. The number of carbonyl (C=O) groups is 1. The monoisotopic (exact) mass is 194 g/mol. The summed E-state index contributed by atoms with van der Waals surface area (Å²) in [4.78, 5) is 11.8. The zero-order valence-electron chi connectivity index (χ0n) is 8.80. The molecule has 0 amide bonds. The Hall–Kier alpha value is -1.18. The van der Waals surface area contributed by atoms with E-state index in [2.05, 4.69) is 0 Å². The normalized spacial score (nSPS) is 11.4. The van der Waals surface area contributed by atoms with Gasteiger partial charge in [0.15, 0.2) is 5.78 Å². The maximum Gasteiger partial charge on any atom is 0.168 e. The van der Waals surface area contributed by atoms with E-state index in [9.17, 15) is 9.18 Å². The Morgan fingerprint density at radius 2 is 1.71 bits per heavy atom. The molecule has 1 aromatic rings. The molecular weight excluding hydrogens is 179 g/mol. The van der Waals surface area contributed by atoms with Crippen molar-refractivity contribution in [3.05, 3.63) is 35.4 Å². The number of ketones is 1. The molecule has 0 N–H and O–H groups in total. The quantitative estimate of drug-likeness (QED) is 0.659. The van der Waals surface area contributed by atoms with Gasteiger partial charge in [-0.15, -0.1) is 0 Å². The highest BCUT2D eigenvalue weighted by atomic mass is 19.1. The van der Waals surface area contributed by atoms with Crippen LogP contribution in [0.5, 0.6) is 0 Å². The van der Waals surface area contributed by atoms with E-state index in [0.29, 0.717) is 11.1 Å². The molecule has 0 atom stereocenters. The molecule has 0 fully saturated rings. The van der Waals surface area contributed by atoms with E-state index >= 15 is 0 Å². The molecule has 76 valence electrons. The minimum Gasteiger partial charge on any atom is -0.294 e. The van der Waals surface area contributed by atoms with Gasteiger partial charge >= 0.3 is 0 Å². The van der Waals surface area contributed by atoms with Gasteiger partial charge in [0.1, 0.15) is 6.67 Å². The molecule has 2 heteroatoms. The summed E-state index contributed by atoms with van der Waals surface area (Å²) < 4.78 is 12.2. The second-order valence-corrected chi connectivity index (χ2v) is 4.41. The largest absolute Gasteiger partial charge is 0.294 e. The highest BCUT2D eigenvalue weighted by molar-refractivity contribution is 5.99. The summed E-state index contributed by atoms with van der Waals surface area (Å²) in [5.41, 5.74) is 0.877. The van der Waals surface area contributed by atoms with Crippen LogP contribution in [0.1, 0.15) is 36.7 Å². The number of halogens is 1. The minimum atomic E-state index is -0.482. The summed E-state index contributed by atoms with van der Waals surface area (Å²) in [6.07, 6.45) is 0. The van der Waals surface area contributed by atoms with Crippen molar-refractivity contribution in [3.63, 3.8) is 0 Å². The van der Waals surface area contributed by atoms with E-state index in [1.54, 1.807) is 24.3 Å². The Labute approximate surface area is 83.9 Å². The zero-order valence-corrected chi connectivity index (χ0v) is 8.80. The predicted molar refractivity (Wildman–Crippen MR) is 55.0 cm³/mol. The Morgan fingerprint density at radius 1 is 1.21 bits per heavy atom. The Bertz CT molecular complexity index is 319. The lowest BCUT2D eigenvalue weighted by molar-refractivity contribution is 0.0858. The number of carbonyl (C=O) groups excluding carboxylic acids is 1. The number of hydrogen-bond acceptors (Lipinski definition) is 1. The molecule has 0 bridgehead atoms. The second kappa shape index (κ2) is 3.91. The van der Waals surface area contributed by atoms with Crippen LogP contribution in [-0.4, -0.2) is 5.78 Å². The predicted octanol–water partition coefficient (Wildman–Crippen LogP) is 3.38. The van der Waals surface area contributed by atoms with Crippen LogP contribution in [0, 0.1) is 5.41 Å². The molecule has 0 aliphatic rings. The molecule has 0 aromatic heterocycles. The van der Waals surface area contributed by atoms with Gasteiger partial charge in [-0.3, -0.25) is 4.79 Å². The zero-order chi connectivity index (χ0) is 10.8. The van der Waals surface area contributed by atoms with Gasteiger partial charge < -0.3 is 0 Å². The smallest absolute Gasteiger partial charge is 0.168 e. The van der Waals surface area contributed by atoms with Gasteiger partial charge in [-0.05, 0) is 5.56 Å². The lowest BCUT2D eigenvalue weighted by Gasteiger charge is -2.16. The molecule has 0 spiro atoms. The van der Waals surface area contributed by atoms with E-state index in [4.69, 9.17) is 0 Å². The van der Waals surface area contributed by atoms with E-state index in [-0.39, 0.29) is 11.2 Å². The maximum atomic E-state index is 12.2. The number of benzene rings is 1. The van der Waals surface area contributed by atoms with Gasteiger partial charge in [0, 0.05) is 11.0 Å². The molecule has 1 rings (SSSR count). The van der Waals surface area contributed by atoms with Crippen molar-refractivity contribution in [3.8, 4) is 0 Å². The lowest BCUT2D eigenvalue weighted by Crippen LogP contribution is -2.19. The number of rotatable bonds is 2. The first-order valence-electron chi connectivity index (χ1n) is 4.65. The molecule has 0 radical (unpaired) electrons.